The standard InChI is InChI=1S/C22H22N6/c1-15-7-16(9-23)10-25-22(15)27-6-5-21-18(13-27)8-17(11-24-21)19-12-26-28(14-19)20-3-2-4-20/h7-8,10-12,14,20H,2-6,13H2,1H3. The minimum Gasteiger partial charge on any atom is -0.352 e. The van der Waals surface area contributed by atoms with Crippen LogP contribution in [0.4, 0.5) is 5.82 Å². The number of aryl methyl sites for hydroxylation is 1. The molecule has 6 heteroatoms. The summed E-state index contributed by atoms with van der Waals surface area (Å²) in [5, 5.41) is 13.6. The fourth-order valence-corrected chi connectivity index (χ4v) is 4.06. The van der Waals surface area contributed by atoms with Crippen LogP contribution in [-0.4, -0.2) is 26.3 Å². The third-order valence-corrected chi connectivity index (χ3v) is 5.90. The van der Waals surface area contributed by atoms with Gasteiger partial charge in [0.25, 0.3) is 0 Å². The molecule has 0 saturated heterocycles. The molecule has 0 radical (unpaired) electrons. The van der Waals surface area contributed by atoms with E-state index in [9.17, 15) is 0 Å². The van der Waals surface area contributed by atoms with Crippen LogP contribution in [0.1, 0.15) is 47.7 Å². The zero-order valence-corrected chi connectivity index (χ0v) is 16.0. The Bertz CT molecular complexity index is 1070. The van der Waals surface area contributed by atoms with Gasteiger partial charge in [0.2, 0.25) is 0 Å². The molecule has 0 bridgehead atoms. The lowest BCUT2D eigenvalue weighted by molar-refractivity contribution is 0.289. The number of nitriles is 1. The van der Waals surface area contributed by atoms with Crippen molar-refractivity contribution in [2.45, 2.75) is 45.2 Å². The third kappa shape index (κ3) is 2.93. The molecule has 1 aliphatic heterocycles. The second-order valence-electron chi connectivity index (χ2n) is 7.77. The number of rotatable bonds is 3. The molecule has 0 unspecified atom stereocenters. The van der Waals surface area contributed by atoms with E-state index in [0.29, 0.717) is 11.6 Å². The van der Waals surface area contributed by atoms with Crippen molar-refractivity contribution < 1.29 is 0 Å². The van der Waals surface area contributed by atoms with Crippen LogP contribution in [0.5, 0.6) is 0 Å². The molecule has 28 heavy (non-hydrogen) atoms. The van der Waals surface area contributed by atoms with E-state index in [2.05, 4.69) is 38.0 Å². The normalized spacial score (nSPS) is 16.4. The first-order valence-electron chi connectivity index (χ1n) is 9.85. The maximum Gasteiger partial charge on any atom is 0.131 e. The largest absolute Gasteiger partial charge is 0.352 e. The number of anilines is 1. The molecule has 3 aromatic rings. The number of hydrogen-bond acceptors (Lipinski definition) is 5. The predicted molar refractivity (Wildman–Crippen MR) is 107 cm³/mol. The maximum absolute atomic E-state index is 9.07. The van der Waals surface area contributed by atoms with Crippen molar-refractivity contribution in [1.82, 2.24) is 19.7 Å². The summed E-state index contributed by atoms with van der Waals surface area (Å²) in [6.07, 6.45) is 12.4. The SMILES string of the molecule is Cc1cc(C#N)cnc1N1CCc2ncc(-c3cnn(C4CCC4)c3)cc2C1. The molecular formula is C22H22N6. The second-order valence-corrected chi connectivity index (χ2v) is 7.77. The van der Waals surface area contributed by atoms with Crippen LogP contribution in [0.25, 0.3) is 11.1 Å². The van der Waals surface area contributed by atoms with Gasteiger partial charge in [-0.05, 0) is 49.4 Å². The summed E-state index contributed by atoms with van der Waals surface area (Å²) in [4.78, 5) is 11.5. The van der Waals surface area contributed by atoms with Crippen LogP contribution in [0.15, 0.2) is 36.9 Å². The van der Waals surface area contributed by atoms with E-state index in [0.717, 1.165) is 47.7 Å². The van der Waals surface area contributed by atoms with Gasteiger partial charge in [-0.3, -0.25) is 9.67 Å². The first-order chi connectivity index (χ1) is 13.7. The Balaban J connectivity index is 1.41. The highest BCUT2D eigenvalue weighted by Crippen LogP contribution is 2.33. The number of aromatic nitrogens is 4. The molecule has 0 aromatic carbocycles. The summed E-state index contributed by atoms with van der Waals surface area (Å²) in [5.41, 5.74) is 6.30. The molecule has 3 aromatic heterocycles. The fourth-order valence-electron chi connectivity index (χ4n) is 4.06. The smallest absolute Gasteiger partial charge is 0.131 e. The van der Waals surface area contributed by atoms with E-state index in [1.165, 1.54) is 24.8 Å². The Kier molecular flexibility index (Phi) is 4.09. The summed E-state index contributed by atoms with van der Waals surface area (Å²) in [5.74, 6) is 0.952. The quantitative estimate of drug-likeness (QED) is 0.701. The van der Waals surface area contributed by atoms with Crippen molar-refractivity contribution in [2.24, 2.45) is 0 Å². The van der Waals surface area contributed by atoms with Gasteiger partial charge in [0.15, 0.2) is 0 Å². The number of hydrogen-bond donors (Lipinski definition) is 0. The molecule has 2 aliphatic rings. The van der Waals surface area contributed by atoms with Crippen LogP contribution in [0.2, 0.25) is 0 Å². The maximum atomic E-state index is 9.07. The van der Waals surface area contributed by atoms with Crippen molar-refractivity contribution in [2.75, 3.05) is 11.4 Å². The van der Waals surface area contributed by atoms with Gasteiger partial charge in [0.1, 0.15) is 11.9 Å². The van der Waals surface area contributed by atoms with Crippen LogP contribution in [0, 0.1) is 18.3 Å². The van der Waals surface area contributed by atoms with Crippen molar-refractivity contribution >= 4 is 5.82 Å². The molecule has 140 valence electrons. The fraction of sp³-hybridized carbons (Fsp3) is 0.364. The predicted octanol–water partition coefficient (Wildman–Crippen LogP) is 3.81. The van der Waals surface area contributed by atoms with E-state index < -0.39 is 0 Å². The lowest BCUT2D eigenvalue weighted by atomic mass is 9.93. The lowest BCUT2D eigenvalue weighted by Crippen LogP contribution is -2.32. The second kappa shape index (κ2) is 6.75. The molecular weight excluding hydrogens is 348 g/mol. The van der Waals surface area contributed by atoms with Gasteiger partial charge in [0.05, 0.1) is 17.8 Å². The highest BCUT2D eigenvalue weighted by Gasteiger charge is 2.22. The van der Waals surface area contributed by atoms with E-state index in [4.69, 9.17) is 10.2 Å². The number of nitrogens with zero attached hydrogens (tertiary/aromatic N) is 6. The summed E-state index contributed by atoms with van der Waals surface area (Å²) >= 11 is 0. The molecule has 0 atom stereocenters. The van der Waals surface area contributed by atoms with Crippen LogP contribution >= 0.6 is 0 Å². The van der Waals surface area contributed by atoms with Crippen molar-refractivity contribution in [3.63, 3.8) is 0 Å². The van der Waals surface area contributed by atoms with Crippen LogP contribution < -0.4 is 4.90 Å². The minimum absolute atomic E-state index is 0.570. The zero-order valence-electron chi connectivity index (χ0n) is 16.0. The third-order valence-electron chi connectivity index (χ3n) is 5.90. The molecule has 0 spiro atoms. The summed E-state index contributed by atoms with van der Waals surface area (Å²) in [6, 6.07) is 6.88. The van der Waals surface area contributed by atoms with Crippen molar-refractivity contribution in [3.8, 4) is 17.2 Å². The van der Waals surface area contributed by atoms with Gasteiger partial charge in [-0.2, -0.15) is 10.4 Å². The molecule has 0 N–H and O–H groups in total. The zero-order chi connectivity index (χ0) is 19.1. The molecule has 5 rings (SSSR count). The summed E-state index contributed by atoms with van der Waals surface area (Å²) in [7, 11) is 0. The highest BCUT2D eigenvalue weighted by atomic mass is 15.3. The van der Waals surface area contributed by atoms with Crippen LogP contribution in [-0.2, 0) is 13.0 Å². The van der Waals surface area contributed by atoms with Gasteiger partial charge in [-0.25, -0.2) is 4.98 Å². The molecule has 1 fully saturated rings. The average Bonchev–Trinajstić information content (AvgIpc) is 3.15. The van der Waals surface area contributed by atoms with E-state index in [1.54, 1.807) is 6.20 Å². The van der Waals surface area contributed by atoms with Gasteiger partial charge in [0, 0.05) is 54.9 Å². The van der Waals surface area contributed by atoms with E-state index >= 15 is 0 Å². The van der Waals surface area contributed by atoms with Crippen molar-refractivity contribution in [3.05, 3.63) is 59.3 Å². The molecule has 1 aliphatic carbocycles. The van der Waals surface area contributed by atoms with Gasteiger partial charge < -0.3 is 4.90 Å². The summed E-state index contributed by atoms with van der Waals surface area (Å²) < 4.78 is 2.11. The van der Waals surface area contributed by atoms with Gasteiger partial charge in [-0.15, -0.1) is 0 Å². The molecule has 4 heterocycles. The Hall–Kier alpha value is -3.20. The highest BCUT2D eigenvalue weighted by molar-refractivity contribution is 5.63. The monoisotopic (exact) mass is 370 g/mol. The first-order valence-corrected chi connectivity index (χ1v) is 9.85. The number of pyridine rings is 2. The molecule has 6 nitrogen and oxygen atoms in total. The van der Waals surface area contributed by atoms with E-state index in [1.807, 2.05) is 25.4 Å². The average molecular weight is 370 g/mol. The minimum atomic E-state index is 0.570. The topological polar surface area (TPSA) is 70.6 Å². The van der Waals surface area contributed by atoms with Crippen molar-refractivity contribution in [1.29, 1.82) is 5.26 Å². The Morgan fingerprint density at radius 1 is 1.11 bits per heavy atom. The van der Waals surface area contributed by atoms with Gasteiger partial charge >= 0.3 is 0 Å². The Morgan fingerprint density at radius 3 is 2.75 bits per heavy atom. The molecule has 0 amide bonds. The first kappa shape index (κ1) is 16.9. The van der Waals surface area contributed by atoms with Crippen LogP contribution in [0.3, 0.4) is 0 Å². The molecule has 1 saturated carbocycles. The number of fused-ring (bicyclic) bond motifs is 1. The summed E-state index contributed by atoms with van der Waals surface area (Å²) in [6.45, 7) is 3.69. The van der Waals surface area contributed by atoms with Gasteiger partial charge in [-0.1, -0.05) is 0 Å². The Labute approximate surface area is 164 Å². The lowest BCUT2D eigenvalue weighted by Gasteiger charge is -2.30. The Morgan fingerprint density at radius 2 is 2.00 bits per heavy atom. The van der Waals surface area contributed by atoms with E-state index in [-0.39, 0.29) is 0 Å².